The van der Waals surface area contributed by atoms with Crippen molar-refractivity contribution in [3.63, 3.8) is 0 Å². The van der Waals surface area contributed by atoms with Crippen molar-refractivity contribution >= 4 is 21.6 Å². The molecule has 2 aromatic carbocycles. The number of ether oxygens (including phenoxy) is 2. The fourth-order valence-corrected chi connectivity index (χ4v) is 5.22. The number of sulfonamides is 1. The first-order valence-corrected chi connectivity index (χ1v) is 12.0. The molecule has 0 radical (unpaired) electrons. The normalized spacial score (nSPS) is 15.8. The highest BCUT2D eigenvalue weighted by Crippen LogP contribution is 2.29. The number of hydrogen-bond donors (Lipinski definition) is 1. The van der Waals surface area contributed by atoms with Gasteiger partial charge in [0.05, 0.1) is 31.3 Å². The molecule has 2 aromatic rings. The lowest BCUT2D eigenvalue weighted by Gasteiger charge is -2.22. The Bertz CT molecular complexity index is 1070. The van der Waals surface area contributed by atoms with Crippen LogP contribution in [0.3, 0.4) is 0 Å². The molecule has 0 bridgehead atoms. The first-order valence-electron chi connectivity index (χ1n) is 10.6. The van der Waals surface area contributed by atoms with Crippen molar-refractivity contribution in [1.29, 1.82) is 0 Å². The molecule has 1 saturated heterocycles. The average molecular weight is 462 g/mol. The number of hydrogen-bond acceptors (Lipinski definition) is 6. The highest BCUT2D eigenvalue weighted by Gasteiger charge is 2.27. The topological polar surface area (TPSA) is 88.2 Å². The minimum atomic E-state index is -3.56. The molecule has 8 nitrogen and oxygen atoms in total. The Balaban J connectivity index is 1.61. The highest BCUT2D eigenvalue weighted by atomic mass is 32.2. The lowest BCUT2D eigenvalue weighted by molar-refractivity contribution is -0.117. The summed E-state index contributed by atoms with van der Waals surface area (Å²) < 4.78 is 38.2. The van der Waals surface area contributed by atoms with Crippen LogP contribution in [-0.4, -0.2) is 70.5 Å². The SMILES string of the molecule is COc1ccc(NC(=O)CN2CCCN(S(=O)(=O)c3ccc(C)c(C)c3)CC2)c(OC)c1. The lowest BCUT2D eigenvalue weighted by Crippen LogP contribution is -2.38. The number of anilines is 1. The van der Waals surface area contributed by atoms with Crippen LogP contribution < -0.4 is 14.8 Å². The van der Waals surface area contributed by atoms with Gasteiger partial charge in [-0.05, 0) is 62.2 Å². The van der Waals surface area contributed by atoms with Gasteiger partial charge in [0.15, 0.2) is 0 Å². The summed E-state index contributed by atoms with van der Waals surface area (Å²) in [5, 5.41) is 2.87. The second-order valence-corrected chi connectivity index (χ2v) is 9.83. The second kappa shape index (κ2) is 10.3. The van der Waals surface area contributed by atoms with E-state index in [0.29, 0.717) is 54.7 Å². The van der Waals surface area contributed by atoms with E-state index in [0.717, 1.165) is 11.1 Å². The van der Waals surface area contributed by atoms with Crippen LogP contribution in [0.5, 0.6) is 11.5 Å². The predicted molar refractivity (Wildman–Crippen MR) is 124 cm³/mol. The smallest absolute Gasteiger partial charge is 0.243 e. The summed E-state index contributed by atoms with van der Waals surface area (Å²) >= 11 is 0. The molecule has 0 aromatic heterocycles. The molecule has 1 heterocycles. The van der Waals surface area contributed by atoms with E-state index in [1.807, 2.05) is 24.8 Å². The summed E-state index contributed by atoms with van der Waals surface area (Å²) in [6.45, 7) is 5.95. The molecule has 32 heavy (non-hydrogen) atoms. The van der Waals surface area contributed by atoms with E-state index in [1.165, 1.54) is 11.4 Å². The summed E-state index contributed by atoms with van der Waals surface area (Å²) in [5.74, 6) is 0.968. The van der Waals surface area contributed by atoms with Gasteiger partial charge >= 0.3 is 0 Å². The van der Waals surface area contributed by atoms with Crippen LogP contribution in [0.1, 0.15) is 17.5 Å². The van der Waals surface area contributed by atoms with Gasteiger partial charge in [0.1, 0.15) is 11.5 Å². The second-order valence-electron chi connectivity index (χ2n) is 7.89. The number of amides is 1. The summed E-state index contributed by atoms with van der Waals surface area (Å²) in [5.41, 5.74) is 2.57. The number of nitrogens with one attached hydrogen (secondary N) is 1. The van der Waals surface area contributed by atoms with Crippen LogP contribution in [-0.2, 0) is 14.8 Å². The average Bonchev–Trinajstić information content (AvgIpc) is 3.01. The van der Waals surface area contributed by atoms with Gasteiger partial charge in [-0.15, -0.1) is 0 Å². The van der Waals surface area contributed by atoms with E-state index in [4.69, 9.17) is 9.47 Å². The predicted octanol–water partition coefficient (Wildman–Crippen LogP) is 2.66. The first kappa shape index (κ1) is 24.0. The van der Waals surface area contributed by atoms with Gasteiger partial charge < -0.3 is 14.8 Å². The maximum absolute atomic E-state index is 13.1. The van der Waals surface area contributed by atoms with E-state index < -0.39 is 10.0 Å². The molecular formula is C23H31N3O5S. The van der Waals surface area contributed by atoms with Crippen molar-refractivity contribution in [3.05, 3.63) is 47.5 Å². The largest absolute Gasteiger partial charge is 0.497 e. The van der Waals surface area contributed by atoms with Gasteiger partial charge in [-0.25, -0.2) is 8.42 Å². The van der Waals surface area contributed by atoms with E-state index in [-0.39, 0.29) is 12.5 Å². The van der Waals surface area contributed by atoms with Crippen LogP contribution in [0.2, 0.25) is 0 Å². The number of benzene rings is 2. The Morgan fingerprint density at radius 2 is 1.75 bits per heavy atom. The highest BCUT2D eigenvalue weighted by molar-refractivity contribution is 7.89. The molecule has 0 unspecified atom stereocenters. The van der Waals surface area contributed by atoms with E-state index in [2.05, 4.69) is 5.32 Å². The molecule has 0 spiro atoms. The zero-order valence-corrected chi connectivity index (χ0v) is 19.9. The summed E-state index contributed by atoms with van der Waals surface area (Å²) in [6, 6.07) is 10.4. The van der Waals surface area contributed by atoms with Crippen LogP contribution in [0.25, 0.3) is 0 Å². The van der Waals surface area contributed by atoms with Gasteiger partial charge in [0.25, 0.3) is 0 Å². The molecule has 1 aliphatic heterocycles. The van der Waals surface area contributed by atoms with E-state index >= 15 is 0 Å². The van der Waals surface area contributed by atoms with Crippen molar-refractivity contribution in [2.24, 2.45) is 0 Å². The first-order chi connectivity index (χ1) is 15.2. The zero-order valence-electron chi connectivity index (χ0n) is 19.1. The number of aryl methyl sites for hydroxylation is 2. The zero-order chi connectivity index (χ0) is 23.3. The van der Waals surface area contributed by atoms with Crippen molar-refractivity contribution in [1.82, 2.24) is 9.21 Å². The van der Waals surface area contributed by atoms with Crippen LogP contribution in [0.15, 0.2) is 41.3 Å². The van der Waals surface area contributed by atoms with Crippen molar-refractivity contribution in [2.75, 3.05) is 52.3 Å². The van der Waals surface area contributed by atoms with Crippen LogP contribution in [0, 0.1) is 13.8 Å². The van der Waals surface area contributed by atoms with E-state index in [9.17, 15) is 13.2 Å². The standard InChI is InChI=1S/C23H31N3O5S/c1-17-6-8-20(14-18(17)2)32(28,29)26-11-5-10-25(12-13-26)16-23(27)24-21-9-7-19(30-3)15-22(21)31-4/h6-9,14-15H,5,10-13,16H2,1-4H3,(H,24,27). The maximum Gasteiger partial charge on any atom is 0.243 e. The third-order valence-corrected chi connectivity index (χ3v) is 7.61. The van der Waals surface area contributed by atoms with Crippen molar-refractivity contribution < 1.29 is 22.7 Å². The van der Waals surface area contributed by atoms with E-state index in [1.54, 1.807) is 37.4 Å². The molecule has 1 N–H and O–H groups in total. The Hall–Kier alpha value is -2.62. The molecule has 0 aliphatic carbocycles. The minimum absolute atomic E-state index is 0.173. The molecule has 174 valence electrons. The van der Waals surface area contributed by atoms with Crippen molar-refractivity contribution in [3.8, 4) is 11.5 Å². The number of rotatable bonds is 7. The number of nitrogens with zero attached hydrogens (tertiary/aromatic N) is 2. The molecule has 1 aliphatic rings. The Morgan fingerprint density at radius 3 is 2.44 bits per heavy atom. The van der Waals surface area contributed by atoms with Gasteiger partial charge in [0, 0.05) is 25.7 Å². The molecular weight excluding hydrogens is 430 g/mol. The fourth-order valence-electron chi connectivity index (χ4n) is 3.66. The summed E-state index contributed by atoms with van der Waals surface area (Å²) in [7, 11) is -0.466. The Kier molecular flexibility index (Phi) is 7.76. The van der Waals surface area contributed by atoms with Crippen LogP contribution >= 0.6 is 0 Å². The van der Waals surface area contributed by atoms with Crippen molar-refractivity contribution in [2.45, 2.75) is 25.2 Å². The van der Waals surface area contributed by atoms with Gasteiger partial charge in [-0.1, -0.05) is 6.07 Å². The number of carbonyl (C=O) groups is 1. The van der Waals surface area contributed by atoms with Crippen LogP contribution in [0.4, 0.5) is 5.69 Å². The molecule has 1 amide bonds. The fraction of sp³-hybridized carbons (Fsp3) is 0.435. The molecule has 0 saturated carbocycles. The molecule has 9 heteroatoms. The Morgan fingerprint density at radius 1 is 0.969 bits per heavy atom. The molecule has 3 rings (SSSR count). The number of methoxy groups -OCH3 is 2. The monoisotopic (exact) mass is 461 g/mol. The third-order valence-electron chi connectivity index (χ3n) is 5.71. The molecule has 0 atom stereocenters. The number of carbonyl (C=O) groups excluding carboxylic acids is 1. The van der Waals surface area contributed by atoms with Gasteiger partial charge in [0.2, 0.25) is 15.9 Å². The maximum atomic E-state index is 13.1. The third kappa shape index (κ3) is 5.59. The van der Waals surface area contributed by atoms with Gasteiger partial charge in [-0.3, -0.25) is 9.69 Å². The Labute approximate surface area is 190 Å². The minimum Gasteiger partial charge on any atom is -0.497 e. The van der Waals surface area contributed by atoms with Gasteiger partial charge in [-0.2, -0.15) is 4.31 Å². The summed E-state index contributed by atoms with van der Waals surface area (Å²) in [6.07, 6.45) is 0.656. The summed E-state index contributed by atoms with van der Waals surface area (Å²) in [4.78, 5) is 14.9. The molecule has 1 fully saturated rings. The quantitative estimate of drug-likeness (QED) is 0.682. The lowest BCUT2D eigenvalue weighted by atomic mass is 10.1.